The molecule has 1 aliphatic rings. The number of carbonyl (C=O) groups excluding carboxylic acids is 1. The standard InChI is InChI=1S/C22H23FN4O3S/c1-16-14-24-27(15-16)20-6-2-17(3-7-20)22(28)26-12-10-19(11-13-26)25-31(29,30)21-8-4-18(23)5-9-21/h2-9,14-15,19,25H,10-13H2,1H3. The first-order valence-electron chi connectivity index (χ1n) is 10.0. The van der Waals surface area contributed by atoms with Crippen LogP contribution in [0.3, 0.4) is 0 Å². The third-order valence-corrected chi connectivity index (χ3v) is 6.85. The molecule has 0 bridgehead atoms. The van der Waals surface area contributed by atoms with Gasteiger partial charge in [-0.25, -0.2) is 22.2 Å². The molecule has 0 atom stereocenters. The molecule has 0 unspecified atom stereocenters. The number of carbonyl (C=O) groups is 1. The van der Waals surface area contributed by atoms with Crippen molar-refractivity contribution in [1.82, 2.24) is 19.4 Å². The quantitative estimate of drug-likeness (QED) is 0.659. The number of halogens is 1. The number of aromatic nitrogens is 2. The smallest absolute Gasteiger partial charge is 0.253 e. The molecule has 1 amide bonds. The van der Waals surface area contributed by atoms with Gasteiger partial charge in [-0.3, -0.25) is 4.79 Å². The van der Waals surface area contributed by atoms with Crippen LogP contribution in [-0.2, 0) is 10.0 Å². The Kier molecular flexibility index (Phi) is 5.88. The van der Waals surface area contributed by atoms with Gasteiger partial charge in [0.2, 0.25) is 10.0 Å². The average molecular weight is 443 g/mol. The maximum absolute atomic E-state index is 13.0. The second-order valence-electron chi connectivity index (χ2n) is 7.65. The topological polar surface area (TPSA) is 84.3 Å². The van der Waals surface area contributed by atoms with E-state index in [-0.39, 0.29) is 16.8 Å². The monoisotopic (exact) mass is 442 g/mol. The molecule has 0 radical (unpaired) electrons. The minimum absolute atomic E-state index is 0.0277. The highest BCUT2D eigenvalue weighted by atomic mass is 32.2. The van der Waals surface area contributed by atoms with Gasteiger partial charge in [0, 0.05) is 30.9 Å². The van der Waals surface area contributed by atoms with E-state index >= 15 is 0 Å². The Hall–Kier alpha value is -3.04. The number of amides is 1. The van der Waals surface area contributed by atoms with Crippen molar-refractivity contribution in [1.29, 1.82) is 0 Å². The first-order valence-corrected chi connectivity index (χ1v) is 11.5. The third kappa shape index (κ3) is 4.83. The van der Waals surface area contributed by atoms with Crippen molar-refractivity contribution in [3.8, 4) is 5.69 Å². The normalized spacial score (nSPS) is 15.2. The predicted molar refractivity (Wildman–Crippen MR) is 114 cm³/mol. The maximum atomic E-state index is 13.0. The molecule has 1 aromatic heterocycles. The number of nitrogens with one attached hydrogen (secondary N) is 1. The predicted octanol–water partition coefficient (Wildman–Crippen LogP) is 2.90. The number of piperidine rings is 1. The Balaban J connectivity index is 1.35. The van der Waals surface area contributed by atoms with E-state index in [4.69, 9.17) is 0 Å². The van der Waals surface area contributed by atoms with Gasteiger partial charge in [-0.2, -0.15) is 5.10 Å². The van der Waals surface area contributed by atoms with Crippen LogP contribution in [0.2, 0.25) is 0 Å². The number of hydrogen-bond acceptors (Lipinski definition) is 4. The van der Waals surface area contributed by atoms with Crippen LogP contribution in [0.25, 0.3) is 5.69 Å². The fourth-order valence-corrected chi connectivity index (χ4v) is 4.90. The minimum Gasteiger partial charge on any atom is -0.339 e. The number of sulfonamides is 1. The lowest BCUT2D eigenvalue weighted by atomic mass is 10.0. The summed E-state index contributed by atoms with van der Waals surface area (Å²) in [5, 5.41) is 4.26. The summed E-state index contributed by atoms with van der Waals surface area (Å²) in [6.07, 6.45) is 4.70. The first kappa shape index (κ1) is 21.2. The molecule has 1 saturated heterocycles. The van der Waals surface area contributed by atoms with E-state index < -0.39 is 15.8 Å². The number of hydrogen-bond donors (Lipinski definition) is 1. The average Bonchev–Trinajstić information content (AvgIpc) is 3.20. The number of nitrogens with zero attached hydrogens (tertiary/aromatic N) is 3. The van der Waals surface area contributed by atoms with Crippen molar-refractivity contribution in [2.45, 2.75) is 30.7 Å². The zero-order valence-electron chi connectivity index (χ0n) is 17.0. The van der Waals surface area contributed by atoms with Gasteiger partial charge in [-0.1, -0.05) is 0 Å². The van der Waals surface area contributed by atoms with E-state index in [1.54, 1.807) is 27.9 Å². The Morgan fingerprint density at radius 1 is 1.06 bits per heavy atom. The molecule has 2 heterocycles. The SMILES string of the molecule is Cc1cnn(-c2ccc(C(=O)N3CCC(NS(=O)(=O)c4ccc(F)cc4)CC3)cc2)c1. The van der Waals surface area contributed by atoms with Crippen molar-refractivity contribution in [2.75, 3.05) is 13.1 Å². The van der Waals surface area contributed by atoms with Crippen LogP contribution in [-0.4, -0.2) is 48.1 Å². The van der Waals surface area contributed by atoms with Gasteiger partial charge < -0.3 is 4.90 Å². The van der Waals surface area contributed by atoms with E-state index in [2.05, 4.69) is 9.82 Å². The van der Waals surface area contributed by atoms with Crippen LogP contribution in [0, 0.1) is 12.7 Å². The van der Waals surface area contributed by atoms with Crippen molar-refractivity contribution >= 4 is 15.9 Å². The summed E-state index contributed by atoms with van der Waals surface area (Å²) in [4.78, 5) is 14.6. The summed E-state index contributed by atoms with van der Waals surface area (Å²) in [6, 6.07) is 11.7. The minimum atomic E-state index is -3.72. The van der Waals surface area contributed by atoms with Crippen LogP contribution < -0.4 is 4.72 Å². The molecule has 31 heavy (non-hydrogen) atoms. The Morgan fingerprint density at radius 3 is 2.29 bits per heavy atom. The highest BCUT2D eigenvalue weighted by Crippen LogP contribution is 2.18. The molecule has 4 rings (SSSR count). The Labute approximate surface area is 180 Å². The molecular formula is C22H23FN4O3S. The molecule has 0 aliphatic carbocycles. The molecule has 1 aliphatic heterocycles. The van der Waals surface area contributed by atoms with Crippen molar-refractivity contribution in [3.63, 3.8) is 0 Å². The Morgan fingerprint density at radius 2 is 1.71 bits per heavy atom. The molecule has 9 heteroatoms. The van der Waals surface area contributed by atoms with Crippen LogP contribution >= 0.6 is 0 Å². The maximum Gasteiger partial charge on any atom is 0.253 e. The van der Waals surface area contributed by atoms with Crippen molar-refractivity contribution < 1.29 is 17.6 Å². The van der Waals surface area contributed by atoms with Gasteiger partial charge in [0.15, 0.2) is 0 Å². The lowest BCUT2D eigenvalue weighted by molar-refractivity contribution is 0.0711. The largest absolute Gasteiger partial charge is 0.339 e. The molecule has 162 valence electrons. The highest BCUT2D eigenvalue weighted by Gasteiger charge is 2.27. The first-order chi connectivity index (χ1) is 14.8. The van der Waals surface area contributed by atoms with Crippen LogP contribution in [0.1, 0.15) is 28.8 Å². The molecule has 0 spiro atoms. The van der Waals surface area contributed by atoms with Crippen molar-refractivity contribution in [3.05, 3.63) is 77.9 Å². The molecule has 0 saturated carbocycles. The number of rotatable bonds is 5. The van der Waals surface area contributed by atoms with Gasteiger partial charge in [0.25, 0.3) is 5.91 Å². The van der Waals surface area contributed by atoms with E-state index in [1.165, 1.54) is 12.1 Å². The van der Waals surface area contributed by atoms with E-state index in [0.29, 0.717) is 31.5 Å². The summed E-state index contributed by atoms with van der Waals surface area (Å²) in [5.74, 6) is -0.568. The summed E-state index contributed by atoms with van der Waals surface area (Å²) >= 11 is 0. The highest BCUT2D eigenvalue weighted by molar-refractivity contribution is 7.89. The van der Waals surface area contributed by atoms with Gasteiger partial charge >= 0.3 is 0 Å². The lowest BCUT2D eigenvalue weighted by Crippen LogP contribution is -2.46. The summed E-state index contributed by atoms with van der Waals surface area (Å²) in [6.45, 7) is 2.87. The molecule has 3 aromatic rings. The fourth-order valence-electron chi connectivity index (χ4n) is 3.59. The van der Waals surface area contributed by atoms with Crippen LogP contribution in [0.5, 0.6) is 0 Å². The molecule has 7 nitrogen and oxygen atoms in total. The Bertz CT molecular complexity index is 1170. The van der Waals surface area contributed by atoms with Gasteiger partial charge in [-0.15, -0.1) is 0 Å². The van der Waals surface area contributed by atoms with Gasteiger partial charge in [0.1, 0.15) is 5.82 Å². The zero-order valence-corrected chi connectivity index (χ0v) is 17.8. The summed E-state index contributed by atoms with van der Waals surface area (Å²) < 4.78 is 42.4. The number of likely N-dealkylation sites (tertiary alicyclic amines) is 1. The van der Waals surface area contributed by atoms with Crippen LogP contribution in [0.15, 0.2) is 65.8 Å². The van der Waals surface area contributed by atoms with E-state index in [0.717, 1.165) is 23.4 Å². The van der Waals surface area contributed by atoms with Gasteiger partial charge in [0.05, 0.1) is 16.8 Å². The number of benzene rings is 2. The lowest BCUT2D eigenvalue weighted by Gasteiger charge is -2.32. The number of aryl methyl sites for hydroxylation is 1. The second kappa shape index (κ2) is 8.60. The molecule has 2 aromatic carbocycles. The molecule has 1 fully saturated rings. The van der Waals surface area contributed by atoms with Gasteiger partial charge in [-0.05, 0) is 73.9 Å². The second-order valence-corrected chi connectivity index (χ2v) is 9.36. The molecular weight excluding hydrogens is 419 g/mol. The third-order valence-electron chi connectivity index (χ3n) is 5.32. The summed E-state index contributed by atoms with van der Waals surface area (Å²) in [5.41, 5.74) is 2.51. The van der Waals surface area contributed by atoms with E-state index in [9.17, 15) is 17.6 Å². The van der Waals surface area contributed by atoms with Crippen molar-refractivity contribution in [2.24, 2.45) is 0 Å². The fraction of sp³-hybridized carbons (Fsp3) is 0.273. The van der Waals surface area contributed by atoms with E-state index in [1.807, 2.05) is 25.3 Å². The van der Waals surface area contributed by atoms with Crippen LogP contribution in [0.4, 0.5) is 4.39 Å². The zero-order chi connectivity index (χ0) is 22.0. The summed E-state index contributed by atoms with van der Waals surface area (Å²) in [7, 11) is -3.72. The molecule has 1 N–H and O–H groups in total.